The molecule has 0 aliphatic carbocycles. The Morgan fingerprint density at radius 3 is 2.86 bits per heavy atom. The van der Waals surface area contributed by atoms with Gasteiger partial charge < -0.3 is 9.63 Å². The van der Waals surface area contributed by atoms with Gasteiger partial charge in [-0.25, -0.2) is 4.39 Å². The first-order chi connectivity index (χ1) is 10.1. The first kappa shape index (κ1) is 14.2. The standard InChI is InChI=1S/C15H18FN3O2/c1-10-6-7-19(8-13(10)20)9-14-17-15(18-21-14)11-2-4-12(16)5-3-11/h2-5,10,13,20H,6-9H2,1H3. The van der Waals surface area contributed by atoms with Crippen molar-refractivity contribution in [2.45, 2.75) is 26.0 Å². The van der Waals surface area contributed by atoms with Crippen molar-refractivity contribution in [2.24, 2.45) is 5.92 Å². The number of hydrogen-bond donors (Lipinski definition) is 1. The number of rotatable bonds is 3. The molecule has 0 amide bonds. The Bertz CT molecular complexity index is 599. The Kier molecular flexibility index (Phi) is 3.98. The molecule has 0 spiro atoms. The van der Waals surface area contributed by atoms with Crippen molar-refractivity contribution in [3.8, 4) is 11.4 Å². The lowest BCUT2D eigenvalue weighted by molar-refractivity contribution is 0.0220. The molecule has 2 unspecified atom stereocenters. The van der Waals surface area contributed by atoms with Gasteiger partial charge in [-0.2, -0.15) is 4.98 Å². The zero-order valence-corrected chi connectivity index (χ0v) is 11.9. The number of benzene rings is 1. The summed E-state index contributed by atoms with van der Waals surface area (Å²) in [6.07, 6.45) is 0.651. The molecule has 1 aromatic carbocycles. The van der Waals surface area contributed by atoms with E-state index in [0.717, 1.165) is 18.5 Å². The van der Waals surface area contributed by atoms with Crippen molar-refractivity contribution in [3.05, 3.63) is 36.0 Å². The van der Waals surface area contributed by atoms with Crippen LogP contribution in [0.4, 0.5) is 4.39 Å². The minimum Gasteiger partial charge on any atom is -0.392 e. The second-order valence-electron chi connectivity index (χ2n) is 5.59. The smallest absolute Gasteiger partial charge is 0.241 e. The third kappa shape index (κ3) is 3.28. The number of likely N-dealkylation sites (tertiary alicyclic amines) is 1. The van der Waals surface area contributed by atoms with Gasteiger partial charge in [0.25, 0.3) is 0 Å². The average molecular weight is 291 g/mol. The van der Waals surface area contributed by atoms with Crippen LogP contribution in [0.2, 0.25) is 0 Å². The summed E-state index contributed by atoms with van der Waals surface area (Å²) in [4.78, 5) is 6.43. The van der Waals surface area contributed by atoms with E-state index in [2.05, 4.69) is 22.0 Å². The van der Waals surface area contributed by atoms with Crippen LogP contribution in [0.1, 0.15) is 19.2 Å². The Balaban J connectivity index is 1.66. The fourth-order valence-corrected chi connectivity index (χ4v) is 2.48. The van der Waals surface area contributed by atoms with E-state index in [0.29, 0.717) is 30.7 Å². The van der Waals surface area contributed by atoms with Gasteiger partial charge in [0.05, 0.1) is 12.6 Å². The quantitative estimate of drug-likeness (QED) is 0.938. The van der Waals surface area contributed by atoms with Gasteiger partial charge in [-0.3, -0.25) is 4.90 Å². The lowest BCUT2D eigenvalue weighted by atomic mass is 9.96. The highest BCUT2D eigenvalue weighted by Crippen LogP contribution is 2.20. The second kappa shape index (κ2) is 5.91. The highest BCUT2D eigenvalue weighted by molar-refractivity contribution is 5.53. The topological polar surface area (TPSA) is 62.4 Å². The molecule has 0 radical (unpaired) electrons. The largest absolute Gasteiger partial charge is 0.392 e. The molecule has 0 saturated carbocycles. The maximum absolute atomic E-state index is 12.9. The van der Waals surface area contributed by atoms with E-state index in [1.165, 1.54) is 12.1 Å². The van der Waals surface area contributed by atoms with E-state index in [9.17, 15) is 9.50 Å². The van der Waals surface area contributed by atoms with Crippen molar-refractivity contribution in [1.82, 2.24) is 15.0 Å². The van der Waals surface area contributed by atoms with Gasteiger partial charge in [-0.05, 0) is 43.1 Å². The zero-order valence-electron chi connectivity index (χ0n) is 11.9. The monoisotopic (exact) mass is 291 g/mol. The summed E-state index contributed by atoms with van der Waals surface area (Å²) in [6.45, 7) is 4.11. The first-order valence-corrected chi connectivity index (χ1v) is 7.11. The molecule has 1 aliphatic rings. The van der Waals surface area contributed by atoms with Gasteiger partial charge in [-0.1, -0.05) is 12.1 Å². The molecule has 112 valence electrons. The van der Waals surface area contributed by atoms with Crippen molar-refractivity contribution < 1.29 is 14.0 Å². The molecule has 1 aromatic heterocycles. The second-order valence-corrected chi connectivity index (χ2v) is 5.59. The molecule has 21 heavy (non-hydrogen) atoms. The van der Waals surface area contributed by atoms with E-state index in [-0.39, 0.29) is 11.9 Å². The summed E-state index contributed by atoms with van der Waals surface area (Å²) in [7, 11) is 0. The number of aliphatic hydroxyl groups excluding tert-OH is 1. The summed E-state index contributed by atoms with van der Waals surface area (Å²) in [6, 6.07) is 5.98. The predicted octanol–water partition coefficient (Wildman–Crippen LogP) is 2.08. The Labute approximate surface area is 122 Å². The normalized spacial score (nSPS) is 23.4. The van der Waals surface area contributed by atoms with Crippen molar-refractivity contribution >= 4 is 0 Å². The average Bonchev–Trinajstić information content (AvgIpc) is 2.92. The minimum absolute atomic E-state index is 0.293. The molecule has 2 atom stereocenters. The number of halogens is 1. The summed E-state index contributed by atoms with van der Waals surface area (Å²) in [5.74, 6) is 1.00. The highest BCUT2D eigenvalue weighted by atomic mass is 19.1. The van der Waals surface area contributed by atoms with Gasteiger partial charge in [0.15, 0.2) is 0 Å². The van der Waals surface area contributed by atoms with E-state index in [1.54, 1.807) is 12.1 Å². The lowest BCUT2D eigenvalue weighted by Gasteiger charge is -2.33. The van der Waals surface area contributed by atoms with Crippen molar-refractivity contribution in [2.75, 3.05) is 13.1 Å². The molecule has 5 nitrogen and oxygen atoms in total. The van der Waals surface area contributed by atoms with Crippen molar-refractivity contribution in [3.63, 3.8) is 0 Å². The number of hydrogen-bond acceptors (Lipinski definition) is 5. The van der Waals surface area contributed by atoms with Crippen LogP contribution in [0, 0.1) is 11.7 Å². The van der Waals surface area contributed by atoms with Gasteiger partial charge in [0, 0.05) is 12.1 Å². The number of β-amino-alcohol motifs (C(OH)–C–C–N with tert-alkyl or cyclic N) is 1. The molecule has 6 heteroatoms. The van der Waals surface area contributed by atoms with Crippen LogP contribution in [0.3, 0.4) is 0 Å². The lowest BCUT2D eigenvalue weighted by Crippen LogP contribution is -2.42. The van der Waals surface area contributed by atoms with Gasteiger partial charge in [-0.15, -0.1) is 0 Å². The molecule has 1 aliphatic heterocycles. The van der Waals surface area contributed by atoms with E-state index in [4.69, 9.17) is 4.52 Å². The molecule has 1 N–H and O–H groups in total. The van der Waals surface area contributed by atoms with Gasteiger partial charge in [0.2, 0.25) is 11.7 Å². The molecular formula is C15H18FN3O2. The van der Waals surface area contributed by atoms with Crippen LogP contribution in [-0.2, 0) is 6.54 Å². The van der Waals surface area contributed by atoms with E-state index < -0.39 is 0 Å². The summed E-state index contributed by atoms with van der Waals surface area (Å²) in [5.41, 5.74) is 0.721. The highest BCUT2D eigenvalue weighted by Gasteiger charge is 2.25. The fraction of sp³-hybridized carbons (Fsp3) is 0.467. The van der Waals surface area contributed by atoms with E-state index >= 15 is 0 Å². The van der Waals surface area contributed by atoms with Crippen LogP contribution >= 0.6 is 0 Å². The molecule has 0 bridgehead atoms. The van der Waals surface area contributed by atoms with Crippen LogP contribution in [-0.4, -0.2) is 39.3 Å². The number of nitrogens with zero attached hydrogens (tertiary/aromatic N) is 3. The maximum Gasteiger partial charge on any atom is 0.241 e. The number of aromatic nitrogens is 2. The van der Waals surface area contributed by atoms with Gasteiger partial charge in [0.1, 0.15) is 5.82 Å². The van der Waals surface area contributed by atoms with E-state index in [1.807, 2.05) is 0 Å². The third-order valence-corrected chi connectivity index (χ3v) is 3.93. The van der Waals surface area contributed by atoms with Gasteiger partial charge >= 0.3 is 0 Å². The van der Waals surface area contributed by atoms with Crippen LogP contribution in [0.25, 0.3) is 11.4 Å². The van der Waals surface area contributed by atoms with Crippen molar-refractivity contribution in [1.29, 1.82) is 0 Å². The molecule has 2 heterocycles. The zero-order chi connectivity index (χ0) is 14.8. The molecule has 2 aromatic rings. The predicted molar refractivity (Wildman–Crippen MR) is 74.8 cm³/mol. The Morgan fingerprint density at radius 2 is 2.14 bits per heavy atom. The number of piperidine rings is 1. The maximum atomic E-state index is 12.9. The molecular weight excluding hydrogens is 273 g/mol. The molecule has 1 fully saturated rings. The third-order valence-electron chi connectivity index (χ3n) is 3.93. The van der Waals surface area contributed by atoms with Crippen LogP contribution in [0.15, 0.2) is 28.8 Å². The SMILES string of the molecule is CC1CCN(Cc2nc(-c3ccc(F)cc3)no2)CC1O. The first-order valence-electron chi connectivity index (χ1n) is 7.11. The summed E-state index contributed by atoms with van der Waals surface area (Å²) < 4.78 is 18.1. The molecule has 3 rings (SSSR count). The summed E-state index contributed by atoms with van der Waals surface area (Å²) in [5, 5.41) is 13.8. The fourth-order valence-electron chi connectivity index (χ4n) is 2.48. The Morgan fingerprint density at radius 1 is 1.38 bits per heavy atom. The van der Waals surface area contributed by atoms with Crippen LogP contribution < -0.4 is 0 Å². The minimum atomic E-state index is -0.307. The number of aliphatic hydroxyl groups is 1. The summed E-state index contributed by atoms with van der Waals surface area (Å²) >= 11 is 0. The Hall–Kier alpha value is -1.79. The van der Waals surface area contributed by atoms with Crippen LogP contribution in [0.5, 0.6) is 0 Å². The molecule has 1 saturated heterocycles.